The number of esters is 1. The number of carbonyl (C=O) groups excluding carboxylic acids is 5. The quantitative estimate of drug-likeness (QED) is 0.240. The Labute approximate surface area is 238 Å². The highest BCUT2D eigenvalue weighted by Crippen LogP contribution is 2.23. The molecule has 0 unspecified atom stereocenters. The van der Waals surface area contributed by atoms with Gasteiger partial charge in [0.1, 0.15) is 23.9 Å². The molecule has 1 aliphatic rings. The van der Waals surface area contributed by atoms with E-state index >= 15 is 0 Å². The SMILES string of the molecule is CC(C)OC(=O)C(=O)[C@H](Cc1ccccc1)C(=O)N[C@H]1CSCN1C(=O)[C@@H](NC(=O)Oc1ccccc1)C(C)C. The number of nitrogens with one attached hydrogen (secondary N) is 2. The van der Waals surface area contributed by atoms with E-state index in [1.807, 2.05) is 6.07 Å². The van der Waals surface area contributed by atoms with Gasteiger partial charge >= 0.3 is 12.1 Å². The summed E-state index contributed by atoms with van der Waals surface area (Å²) < 4.78 is 10.3. The molecular weight excluding hydrogens is 534 g/mol. The van der Waals surface area contributed by atoms with Crippen LogP contribution in [0.5, 0.6) is 5.75 Å². The third-order valence-electron chi connectivity index (χ3n) is 6.09. The molecule has 10 nitrogen and oxygen atoms in total. The summed E-state index contributed by atoms with van der Waals surface area (Å²) in [5.41, 5.74) is 0.697. The van der Waals surface area contributed by atoms with Crippen molar-refractivity contribution in [3.8, 4) is 5.75 Å². The van der Waals surface area contributed by atoms with Gasteiger partial charge < -0.3 is 25.0 Å². The molecule has 0 spiro atoms. The number of hydrogen-bond acceptors (Lipinski definition) is 8. The molecule has 1 fully saturated rings. The number of carbonyl (C=O) groups is 5. The lowest BCUT2D eigenvalue weighted by molar-refractivity contribution is -0.160. The van der Waals surface area contributed by atoms with Crippen molar-refractivity contribution in [2.75, 3.05) is 11.6 Å². The molecule has 0 saturated carbocycles. The lowest BCUT2D eigenvalue weighted by atomic mass is 9.94. The van der Waals surface area contributed by atoms with Crippen molar-refractivity contribution in [2.24, 2.45) is 11.8 Å². The number of hydrogen-bond donors (Lipinski definition) is 2. The van der Waals surface area contributed by atoms with Crippen molar-refractivity contribution in [1.82, 2.24) is 15.5 Å². The Morgan fingerprint density at radius 2 is 1.57 bits per heavy atom. The van der Waals surface area contributed by atoms with Crippen LogP contribution in [0.3, 0.4) is 0 Å². The van der Waals surface area contributed by atoms with E-state index in [1.165, 1.54) is 16.7 Å². The van der Waals surface area contributed by atoms with Gasteiger partial charge in [-0.2, -0.15) is 0 Å². The Morgan fingerprint density at radius 3 is 2.17 bits per heavy atom. The van der Waals surface area contributed by atoms with Crippen LogP contribution in [0.25, 0.3) is 0 Å². The van der Waals surface area contributed by atoms with Crippen molar-refractivity contribution in [3.63, 3.8) is 0 Å². The van der Waals surface area contributed by atoms with Gasteiger partial charge in [0, 0.05) is 5.75 Å². The molecule has 2 aromatic rings. The Bertz CT molecular complexity index is 1190. The standard InChI is InChI=1S/C29H35N3O7S/c1-18(2)24(31-29(37)39-21-13-9-6-10-14-21)27(35)32-17-40-16-23(32)30-26(34)22(15-20-11-7-5-8-12-20)25(33)28(36)38-19(3)4/h5-14,18-19,22-24H,15-17H2,1-4H3,(H,30,34)(H,31,37)/t22-,23+,24-/m0/s1. The number of benzene rings is 2. The highest BCUT2D eigenvalue weighted by Gasteiger charge is 2.40. The molecule has 0 bridgehead atoms. The zero-order valence-electron chi connectivity index (χ0n) is 23.0. The first-order valence-corrected chi connectivity index (χ1v) is 14.2. The summed E-state index contributed by atoms with van der Waals surface area (Å²) in [5.74, 6) is -3.76. The number of rotatable bonds is 11. The van der Waals surface area contributed by atoms with Crippen LogP contribution in [0, 0.1) is 11.8 Å². The third-order valence-corrected chi connectivity index (χ3v) is 7.11. The number of ether oxygens (including phenoxy) is 2. The molecular formula is C29H35N3O7S. The van der Waals surface area contributed by atoms with E-state index < -0.39 is 53.9 Å². The first-order chi connectivity index (χ1) is 19.1. The van der Waals surface area contributed by atoms with Gasteiger partial charge in [-0.25, -0.2) is 9.59 Å². The molecule has 3 rings (SSSR count). The average molecular weight is 570 g/mol. The molecule has 0 radical (unpaired) electrons. The molecule has 1 saturated heterocycles. The second kappa shape index (κ2) is 14.5. The van der Waals surface area contributed by atoms with Gasteiger partial charge in [-0.15, -0.1) is 11.8 Å². The fourth-order valence-electron chi connectivity index (χ4n) is 4.06. The second-order valence-electron chi connectivity index (χ2n) is 9.96. The Hall–Kier alpha value is -3.86. The normalized spacial score (nSPS) is 16.2. The molecule has 2 aromatic carbocycles. The third kappa shape index (κ3) is 8.57. The van der Waals surface area contributed by atoms with Crippen molar-refractivity contribution in [2.45, 2.75) is 52.4 Å². The van der Waals surface area contributed by atoms with Crippen LogP contribution >= 0.6 is 11.8 Å². The topological polar surface area (TPSA) is 131 Å². The zero-order valence-corrected chi connectivity index (χ0v) is 23.8. The number of para-hydroxylation sites is 1. The molecule has 1 aliphatic heterocycles. The molecule has 3 amide bonds. The fraction of sp³-hybridized carbons (Fsp3) is 0.414. The summed E-state index contributed by atoms with van der Waals surface area (Å²) in [6.45, 7) is 6.81. The summed E-state index contributed by atoms with van der Waals surface area (Å²) in [4.78, 5) is 66.4. The van der Waals surface area contributed by atoms with E-state index in [-0.39, 0.29) is 18.2 Å². The van der Waals surface area contributed by atoms with E-state index in [0.717, 1.165) is 0 Å². The fourth-order valence-corrected chi connectivity index (χ4v) is 5.15. The van der Waals surface area contributed by atoms with Crippen LogP contribution in [-0.4, -0.2) is 64.5 Å². The van der Waals surface area contributed by atoms with Crippen molar-refractivity contribution in [3.05, 3.63) is 66.2 Å². The number of nitrogens with zero attached hydrogens (tertiary/aromatic N) is 1. The van der Waals surface area contributed by atoms with E-state index in [9.17, 15) is 24.0 Å². The first kappa shape index (κ1) is 30.7. The minimum Gasteiger partial charge on any atom is -0.457 e. The number of thioether (sulfide) groups is 1. The van der Waals surface area contributed by atoms with Crippen LogP contribution in [0.4, 0.5) is 4.79 Å². The molecule has 0 aliphatic carbocycles. The Balaban J connectivity index is 1.73. The molecule has 3 atom stereocenters. The smallest absolute Gasteiger partial charge is 0.413 e. The van der Waals surface area contributed by atoms with Gasteiger partial charge in [-0.3, -0.25) is 14.4 Å². The van der Waals surface area contributed by atoms with Gasteiger partial charge in [0.15, 0.2) is 0 Å². The summed E-state index contributed by atoms with van der Waals surface area (Å²) in [6, 6.07) is 16.4. The van der Waals surface area contributed by atoms with E-state index in [2.05, 4.69) is 10.6 Å². The van der Waals surface area contributed by atoms with Gasteiger partial charge in [0.25, 0.3) is 5.78 Å². The van der Waals surface area contributed by atoms with Crippen LogP contribution in [0.2, 0.25) is 0 Å². The van der Waals surface area contributed by atoms with Gasteiger partial charge in [0.2, 0.25) is 11.8 Å². The minimum atomic E-state index is -1.34. The maximum atomic E-state index is 13.5. The summed E-state index contributed by atoms with van der Waals surface area (Å²) in [6.07, 6.45) is -2.05. The second-order valence-corrected chi connectivity index (χ2v) is 11.0. The molecule has 0 aromatic heterocycles. The maximum absolute atomic E-state index is 13.5. The molecule has 1 heterocycles. The largest absolute Gasteiger partial charge is 0.457 e. The van der Waals surface area contributed by atoms with Crippen LogP contribution in [0.15, 0.2) is 60.7 Å². The summed E-state index contributed by atoms with van der Waals surface area (Å²) >= 11 is 1.42. The number of ketones is 1. The lowest BCUT2D eigenvalue weighted by Crippen LogP contribution is -2.57. The monoisotopic (exact) mass is 569 g/mol. The Morgan fingerprint density at radius 1 is 0.950 bits per heavy atom. The molecule has 40 heavy (non-hydrogen) atoms. The van der Waals surface area contributed by atoms with Crippen LogP contribution < -0.4 is 15.4 Å². The first-order valence-electron chi connectivity index (χ1n) is 13.1. The van der Waals surface area contributed by atoms with E-state index in [1.54, 1.807) is 82.3 Å². The van der Waals surface area contributed by atoms with Crippen LogP contribution in [-0.2, 0) is 30.3 Å². The molecule has 11 heteroatoms. The number of Topliss-reactive ketones (excluding diaryl/α,β-unsaturated/α-hetero) is 1. The van der Waals surface area contributed by atoms with Gasteiger partial charge in [-0.05, 0) is 43.9 Å². The van der Waals surface area contributed by atoms with Gasteiger partial charge in [0.05, 0.1) is 12.0 Å². The Kier molecular flexibility index (Phi) is 11.1. The predicted molar refractivity (Wildman–Crippen MR) is 150 cm³/mol. The van der Waals surface area contributed by atoms with Crippen molar-refractivity contribution >= 4 is 41.4 Å². The highest BCUT2D eigenvalue weighted by molar-refractivity contribution is 7.99. The van der Waals surface area contributed by atoms with E-state index in [0.29, 0.717) is 17.1 Å². The highest BCUT2D eigenvalue weighted by atomic mass is 32.2. The van der Waals surface area contributed by atoms with E-state index in [4.69, 9.17) is 9.47 Å². The minimum absolute atomic E-state index is 0.00594. The zero-order chi connectivity index (χ0) is 29.2. The summed E-state index contributed by atoms with van der Waals surface area (Å²) in [5, 5.41) is 5.41. The maximum Gasteiger partial charge on any atom is 0.413 e. The molecule has 214 valence electrons. The average Bonchev–Trinajstić information content (AvgIpc) is 3.38. The van der Waals surface area contributed by atoms with Crippen molar-refractivity contribution < 1.29 is 33.4 Å². The van der Waals surface area contributed by atoms with Crippen LogP contribution in [0.1, 0.15) is 33.3 Å². The number of amides is 3. The molecule has 2 N–H and O–H groups in total. The predicted octanol–water partition coefficient (Wildman–Crippen LogP) is 3.15. The van der Waals surface area contributed by atoms with Gasteiger partial charge in [-0.1, -0.05) is 62.4 Å². The lowest BCUT2D eigenvalue weighted by Gasteiger charge is -2.31. The van der Waals surface area contributed by atoms with Crippen molar-refractivity contribution in [1.29, 1.82) is 0 Å². The summed E-state index contributed by atoms with van der Waals surface area (Å²) in [7, 11) is 0.